The molecule has 3 aromatic rings. The third kappa shape index (κ3) is 6.23. The van der Waals surface area contributed by atoms with Gasteiger partial charge in [-0.25, -0.2) is 9.82 Å². The van der Waals surface area contributed by atoms with Gasteiger partial charge in [-0.15, -0.1) is 0 Å². The van der Waals surface area contributed by atoms with Crippen molar-refractivity contribution in [3.63, 3.8) is 0 Å². The van der Waals surface area contributed by atoms with Crippen LogP contribution in [0.5, 0.6) is 5.75 Å². The van der Waals surface area contributed by atoms with Crippen LogP contribution in [0.3, 0.4) is 0 Å². The Kier molecular flexibility index (Phi) is 7.26. The van der Waals surface area contributed by atoms with Crippen molar-refractivity contribution in [2.24, 2.45) is 10.8 Å². The van der Waals surface area contributed by atoms with Crippen molar-refractivity contribution < 1.29 is 23.5 Å². The topological polar surface area (TPSA) is 123 Å². The number of nitrogens with zero attached hydrogens (tertiary/aromatic N) is 1. The Bertz CT molecular complexity index is 1150. The molecule has 0 fully saturated rings. The second kappa shape index (κ2) is 10.5. The molecule has 0 heterocycles. The molecule has 9 heteroatoms. The molecule has 0 saturated carbocycles. The summed E-state index contributed by atoms with van der Waals surface area (Å²) in [5.41, 5.74) is 8.96. The second-order valence-electron chi connectivity index (χ2n) is 6.54. The lowest BCUT2D eigenvalue weighted by molar-refractivity contribution is -0.136. The summed E-state index contributed by atoms with van der Waals surface area (Å²) in [7, 11) is 0. The van der Waals surface area contributed by atoms with Crippen LogP contribution < -0.4 is 21.2 Å². The van der Waals surface area contributed by atoms with E-state index in [2.05, 4.69) is 15.8 Å². The maximum Gasteiger partial charge on any atom is 0.329 e. The molecule has 0 saturated heterocycles. The molecule has 0 atom stereocenters. The maximum absolute atomic E-state index is 13.6. The fourth-order valence-electron chi connectivity index (χ4n) is 2.55. The van der Waals surface area contributed by atoms with Gasteiger partial charge in [-0.2, -0.15) is 5.10 Å². The summed E-state index contributed by atoms with van der Waals surface area (Å²) < 4.78 is 19.2. The van der Waals surface area contributed by atoms with Gasteiger partial charge >= 0.3 is 11.8 Å². The van der Waals surface area contributed by atoms with E-state index in [-0.39, 0.29) is 18.0 Å². The molecule has 3 rings (SSSR count). The molecule has 3 aromatic carbocycles. The van der Waals surface area contributed by atoms with Crippen LogP contribution in [0.15, 0.2) is 77.9 Å². The largest absolute Gasteiger partial charge is 0.489 e. The number of benzene rings is 3. The number of hydrazone groups is 1. The van der Waals surface area contributed by atoms with E-state index in [0.717, 1.165) is 0 Å². The standard InChI is InChI=1S/C23H19FN4O4/c24-20-4-2-1-3-17(20)14-32-19-11-5-15(6-12-19)13-26-28-23(31)22(30)27-18-9-7-16(8-10-18)21(25)29/h1-13H,14H2,(H2,25,29)(H,27,30)(H,28,31)/b26-13+. The van der Waals surface area contributed by atoms with Crippen molar-refractivity contribution in [3.05, 3.63) is 95.3 Å². The van der Waals surface area contributed by atoms with Crippen LogP contribution in [0.2, 0.25) is 0 Å². The highest BCUT2D eigenvalue weighted by atomic mass is 19.1. The van der Waals surface area contributed by atoms with Gasteiger partial charge in [0.15, 0.2) is 0 Å². The molecule has 0 aliphatic heterocycles. The number of nitrogens with two attached hydrogens (primary N) is 1. The fourth-order valence-corrected chi connectivity index (χ4v) is 2.55. The number of ether oxygens (including phenoxy) is 1. The number of nitrogens with one attached hydrogen (secondary N) is 2. The Morgan fingerprint density at radius 3 is 2.28 bits per heavy atom. The summed E-state index contributed by atoms with van der Waals surface area (Å²) in [6, 6.07) is 18.8. The highest BCUT2D eigenvalue weighted by Crippen LogP contribution is 2.15. The lowest BCUT2D eigenvalue weighted by Crippen LogP contribution is -2.32. The molecule has 32 heavy (non-hydrogen) atoms. The van der Waals surface area contributed by atoms with Crippen LogP contribution in [-0.4, -0.2) is 23.9 Å². The average molecular weight is 434 g/mol. The first-order chi connectivity index (χ1) is 15.4. The molecule has 4 N–H and O–H groups in total. The van der Waals surface area contributed by atoms with Crippen molar-refractivity contribution in [1.29, 1.82) is 0 Å². The van der Waals surface area contributed by atoms with Crippen LogP contribution in [0.25, 0.3) is 0 Å². The minimum absolute atomic E-state index is 0.0938. The SMILES string of the molecule is NC(=O)c1ccc(NC(=O)C(=O)N/N=C/c2ccc(OCc3ccccc3F)cc2)cc1. The first-order valence-corrected chi connectivity index (χ1v) is 9.43. The molecule has 162 valence electrons. The van der Waals surface area contributed by atoms with Gasteiger partial charge in [0.25, 0.3) is 0 Å². The summed E-state index contributed by atoms with van der Waals surface area (Å²) in [5, 5.41) is 6.11. The Labute approximate surface area is 182 Å². The highest BCUT2D eigenvalue weighted by Gasteiger charge is 2.13. The summed E-state index contributed by atoms with van der Waals surface area (Å²) in [4.78, 5) is 34.8. The third-order valence-corrected chi connectivity index (χ3v) is 4.25. The molecule has 0 radical (unpaired) electrons. The molecule has 0 aliphatic rings. The Hall–Kier alpha value is -4.53. The van der Waals surface area contributed by atoms with E-state index >= 15 is 0 Å². The lowest BCUT2D eigenvalue weighted by atomic mass is 10.2. The Morgan fingerprint density at radius 1 is 0.938 bits per heavy atom. The van der Waals surface area contributed by atoms with E-state index in [1.165, 1.54) is 36.5 Å². The van der Waals surface area contributed by atoms with Gasteiger partial charge in [-0.3, -0.25) is 14.4 Å². The van der Waals surface area contributed by atoms with Crippen molar-refractivity contribution in [2.45, 2.75) is 6.61 Å². The van der Waals surface area contributed by atoms with Crippen molar-refractivity contribution in [1.82, 2.24) is 5.43 Å². The van der Waals surface area contributed by atoms with Gasteiger partial charge in [0.05, 0.1) is 6.21 Å². The maximum atomic E-state index is 13.6. The first kappa shape index (κ1) is 22.2. The third-order valence-electron chi connectivity index (χ3n) is 4.25. The van der Waals surface area contributed by atoms with Crippen LogP contribution in [-0.2, 0) is 16.2 Å². The van der Waals surface area contributed by atoms with E-state index in [0.29, 0.717) is 22.6 Å². The molecule has 0 aliphatic carbocycles. The predicted molar refractivity (Wildman–Crippen MR) is 117 cm³/mol. The quantitative estimate of drug-likeness (QED) is 0.300. The monoisotopic (exact) mass is 434 g/mol. The smallest absolute Gasteiger partial charge is 0.329 e. The molecular formula is C23H19FN4O4. The van der Waals surface area contributed by atoms with Gasteiger partial charge in [0.2, 0.25) is 5.91 Å². The number of hydrogen-bond acceptors (Lipinski definition) is 5. The van der Waals surface area contributed by atoms with Gasteiger partial charge in [0.1, 0.15) is 18.2 Å². The zero-order valence-electron chi connectivity index (χ0n) is 16.7. The van der Waals surface area contributed by atoms with Crippen molar-refractivity contribution in [2.75, 3.05) is 5.32 Å². The van der Waals surface area contributed by atoms with Gasteiger partial charge in [0, 0.05) is 16.8 Å². The molecule has 8 nitrogen and oxygen atoms in total. The number of hydrogen-bond donors (Lipinski definition) is 3. The van der Waals surface area contributed by atoms with Crippen LogP contribution in [0.1, 0.15) is 21.5 Å². The number of carbonyl (C=O) groups is 3. The highest BCUT2D eigenvalue weighted by molar-refractivity contribution is 6.39. The van der Waals surface area contributed by atoms with E-state index < -0.39 is 17.7 Å². The van der Waals surface area contributed by atoms with Gasteiger partial charge in [-0.05, 0) is 60.2 Å². The zero-order chi connectivity index (χ0) is 22.9. The molecular weight excluding hydrogens is 415 g/mol. The van der Waals surface area contributed by atoms with Crippen LogP contribution in [0, 0.1) is 5.82 Å². The molecule has 0 unspecified atom stereocenters. The number of rotatable bonds is 7. The Balaban J connectivity index is 1.47. The summed E-state index contributed by atoms with van der Waals surface area (Å²) in [5.74, 6) is -2.29. The minimum Gasteiger partial charge on any atom is -0.489 e. The second-order valence-corrected chi connectivity index (χ2v) is 6.54. The molecule has 0 aromatic heterocycles. The predicted octanol–water partition coefficient (Wildman–Crippen LogP) is 2.59. The van der Waals surface area contributed by atoms with E-state index in [4.69, 9.17) is 10.5 Å². The zero-order valence-corrected chi connectivity index (χ0v) is 16.7. The normalized spacial score (nSPS) is 10.5. The lowest BCUT2D eigenvalue weighted by Gasteiger charge is -2.07. The van der Waals surface area contributed by atoms with E-state index in [1.807, 2.05) is 0 Å². The van der Waals surface area contributed by atoms with Crippen molar-refractivity contribution in [3.8, 4) is 5.75 Å². The van der Waals surface area contributed by atoms with Crippen LogP contribution >= 0.6 is 0 Å². The average Bonchev–Trinajstić information content (AvgIpc) is 2.79. The number of anilines is 1. The van der Waals surface area contributed by atoms with Gasteiger partial charge in [-0.1, -0.05) is 18.2 Å². The number of amides is 3. The Morgan fingerprint density at radius 2 is 1.62 bits per heavy atom. The minimum atomic E-state index is -0.968. The van der Waals surface area contributed by atoms with Crippen LogP contribution in [0.4, 0.5) is 10.1 Å². The van der Waals surface area contributed by atoms with Crippen molar-refractivity contribution >= 4 is 29.6 Å². The number of halogens is 1. The summed E-state index contributed by atoms with van der Waals surface area (Å²) in [6.07, 6.45) is 1.35. The number of primary amides is 1. The van der Waals surface area contributed by atoms with E-state index in [1.54, 1.807) is 42.5 Å². The number of carbonyl (C=O) groups excluding carboxylic acids is 3. The fraction of sp³-hybridized carbons (Fsp3) is 0.0435. The molecule has 3 amide bonds. The summed E-state index contributed by atoms with van der Waals surface area (Å²) in [6.45, 7) is 0.0938. The van der Waals surface area contributed by atoms with E-state index in [9.17, 15) is 18.8 Å². The molecule has 0 bridgehead atoms. The molecule has 0 spiro atoms. The van der Waals surface area contributed by atoms with Gasteiger partial charge < -0.3 is 15.8 Å². The first-order valence-electron chi connectivity index (χ1n) is 9.43. The summed E-state index contributed by atoms with van der Waals surface area (Å²) >= 11 is 0.